The highest BCUT2D eigenvalue weighted by molar-refractivity contribution is 5.76. The minimum atomic E-state index is 0.704. The normalized spacial score (nSPS) is 17.2. The quantitative estimate of drug-likeness (QED) is 0.703. The van der Waals surface area contributed by atoms with Gasteiger partial charge in [0.05, 0.1) is 18.9 Å². The van der Waals surface area contributed by atoms with Crippen molar-refractivity contribution < 1.29 is 9.53 Å². The number of carbonyl (C=O) groups excluding carboxylic acids is 1. The number of pyridine rings is 1. The van der Waals surface area contributed by atoms with Gasteiger partial charge < -0.3 is 4.74 Å². The van der Waals surface area contributed by atoms with Crippen LogP contribution >= 0.6 is 0 Å². The largest absolute Gasteiger partial charge is 0.379 e. The molecule has 4 nitrogen and oxygen atoms in total. The first-order valence-corrected chi connectivity index (χ1v) is 5.59. The molecule has 1 aliphatic rings. The molecule has 2 rings (SSSR count). The third kappa shape index (κ3) is 2.87. The van der Waals surface area contributed by atoms with Crippen LogP contribution in [0.3, 0.4) is 0 Å². The van der Waals surface area contributed by atoms with Crippen LogP contribution in [0.2, 0.25) is 0 Å². The standard InChI is InChI=1S/C12H16N2O2/c15-10-11-2-1-4-13-12(11)3-5-14-6-8-16-9-7-14/h1-2,4,10H,3,5-9H2. The van der Waals surface area contributed by atoms with E-state index >= 15 is 0 Å². The molecule has 1 aromatic rings. The van der Waals surface area contributed by atoms with E-state index in [2.05, 4.69) is 9.88 Å². The van der Waals surface area contributed by atoms with Gasteiger partial charge >= 0.3 is 0 Å². The summed E-state index contributed by atoms with van der Waals surface area (Å²) >= 11 is 0. The number of hydrogen-bond donors (Lipinski definition) is 0. The first-order chi connectivity index (χ1) is 7.90. The molecule has 0 radical (unpaired) electrons. The molecule has 0 amide bonds. The van der Waals surface area contributed by atoms with E-state index in [0.29, 0.717) is 5.56 Å². The van der Waals surface area contributed by atoms with E-state index < -0.39 is 0 Å². The van der Waals surface area contributed by atoms with Crippen LogP contribution in [0.25, 0.3) is 0 Å². The maximum absolute atomic E-state index is 10.8. The van der Waals surface area contributed by atoms with Crippen molar-refractivity contribution in [2.75, 3.05) is 32.8 Å². The summed E-state index contributed by atoms with van der Waals surface area (Å²) in [5.74, 6) is 0. The summed E-state index contributed by atoms with van der Waals surface area (Å²) in [6.45, 7) is 4.51. The molecule has 16 heavy (non-hydrogen) atoms. The molecule has 0 spiro atoms. The van der Waals surface area contributed by atoms with Gasteiger partial charge in [0.15, 0.2) is 6.29 Å². The van der Waals surface area contributed by atoms with E-state index in [1.807, 2.05) is 6.07 Å². The summed E-state index contributed by atoms with van der Waals surface area (Å²) in [7, 11) is 0. The molecular weight excluding hydrogens is 204 g/mol. The fraction of sp³-hybridized carbons (Fsp3) is 0.500. The van der Waals surface area contributed by atoms with Crippen molar-refractivity contribution in [2.45, 2.75) is 6.42 Å². The zero-order valence-corrected chi connectivity index (χ0v) is 9.26. The van der Waals surface area contributed by atoms with Crippen LogP contribution in [-0.4, -0.2) is 49.0 Å². The number of ether oxygens (including phenoxy) is 1. The molecule has 4 heteroatoms. The van der Waals surface area contributed by atoms with E-state index in [0.717, 1.165) is 51.2 Å². The van der Waals surface area contributed by atoms with E-state index in [9.17, 15) is 4.79 Å². The SMILES string of the molecule is O=Cc1cccnc1CCN1CCOCC1. The van der Waals surface area contributed by atoms with Crippen molar-refractivity contribution in [3.05, 3.63) is 29.6 Å². The van der Waals surface area contributed by atoms with Gasteiger partial charge in [-0.1, -0.05) is 0 Å². The third-order valence-electron chi connectivity index (χ3n) is 2.82. The van der Waals surface area contributed by atoms with Gasteiger partial charge in [0.25, 0.3) is 0 Å². The van der Waals surface area contributed by atoms with E-state index in [1.165, 1.54) is 0 Å². The monoisotopic (exact) mass is 220 g/mol. The predicted octanol–water partition coefficient (Wildman–Crippen LogP) is 0.769. The Morgan fingerprint density at radius 2 is 2.25 bits per heavy atom. The Morgan fingerprint density at radius 3 is 3.00 bits per heavy atom. The molecule has 1 fully saturated rings. The lowest BCUT2D eigenvalue weighted by atomic mass is 10.1. The number of nitrogens with zero attached hydrogens (tertiary/aromatic N) is 2. The van der Waals surface area contributed by atoms with Crippen molar-refractivity contribution in [3.8, 4) is 0 Å². The molecule has 0 N–H and O–H groups in total. The fourth-order valence-electron chi connectivity index (χ4n) is 1.86. The van der Waals surface area contributed by atoms with Crippen LogP contribution in [0, 0.1) is 0 Å². The van der Waals surface area contributed by atoms with Gasteiger partial charge in [0.2, 0.25) is 0 Å². The second-order valence-corrected chi connectivity index (χ2v) is 3.86. The topological polar surface area (TPSA) is 42.4 Å². The number of rotatable bonds is 4. The number of aromatic nitrogens is 1. The summed E-state index contributed by atoms with van der Waals surface area (Å²) in [5.41, 5.74) is 1.60. The summed E-state index contributed by atoms with van der Waals surface area (Å²) in [6.07, 6.45) is 3.44. The number of hydrogen-bond acceptors (Lipinski definition) is 4. The average molecular weight is 220 g/mol. The lowest BCUT2D eigenvalue weighted by Crippen LogP contribution is -2.37. The second-order valence-electron chi connectivity index (χ2n) is 3.86. The Labute approximate surface area is 95.2 Å². The van der Waals surface area contributed by atoms with E-state index in [-0.39, 0.29) is 0 Å². The van der Waals surface area contributed by atoms with Gasteiger partial charge in [-0.3, -0.25) is 14.7 Å². The molecule has 86 valence electrons. The molecule has 0 unspecified atom stereocenters. The third-order valence-corrected chi connectivity index (χ3v) is 2.82. The first kappa shape index (κ1) is 11.2. The molecule has 0 aromatic carbocycles. The summed E-state index contributed by atoms with van der Waals surface area (Å²) in [4.78, 5) is 17.4. The molecule has 1 saturated heterocycles. The maximum atomic E-state index is 10.8. The van der Waals surface area contributed by atoms with Crippen molar-refractivity contribution in [1.29, 1.82) is 0 Å². The Hall–Kier alpha value is -1.26. The summed E-state index contributed by atoms with van der Waals surface area (Å²) < 4.78 is 5.28. The van der Waals surface area contributed by atoms with Crippen molar-refractivity contribution in [3.63, 3.8) is 0 Å². The zero-order chi connectivity index (χ0) is 11.2. The van der Waals surface area contributed by atoms with Gasteiger partial charge in [-0.05, 0) is 12.1 Å². The van der Waals surface area contributed by atoms with Crippen molar-refractivity contribution >= 4 is 6.29 Å². The minimum absolute atomic E-state index is 0.704. The van der Waals surface area contributed by atoms with Gasteiger partial charge in [0.1, 0.15) is 0 Å². The fourth-order valence-corrected chi connectivity index (χ4v) is 1.86. The van der Waals surface area contributed by atoms with Crippen molar-refractivity contribution in [2.24, 2.45) is 0 Å². The van der Waals surface area contributed by atoms with Crippen LogP contribution in [0.1, 0.15) is 16.1 Å². The van der Waals surface area contributed by atoms with Crippen LogP contribution < -0.4 is 0 Å². The maximum Gasteiger partial charge on any atom is 0.151 e. The number of carbonyl (C=O) groups is 1. The van der Waals surface area contributed by atoms with Crippen LogP contribution in [0.15, 0.2) is 18.3 Å². The molecule has 1 aromatic heterocycles. The minimum Gasteiger partial charge on any atom is -0.379 e. The Bertz CT molecular complexity index is 349. The summed E-state index contributed by atoms with van der Waals surface area (Å²) in [6, 6.07) is 3.61. The average Bonchev–Trinajstić information content (AvgIpc) is 2.38. The number of morpholine rings is 1. The first-order valence-electron chi connectivity index (χ1n) is 5.59. The lowest BCUT2D eigenvalue weighted by Gasteiger charge is -2.26. The molecule has 1 aliphatic heterocycles. The van der Waals surface area contributed by atoms with E-state index in [4.69, 9.17) is 4.74 Å². The molecule has 0 atom stereocenters. The van der Waals surface area contributed by atoms with Gasteiger partial charge in [-0.25, -0.2) is 0 Å². The number of aldehydes is 1. The van der Waals surface area contributed by atoms with Crippen LogP contribution in [0.4, 0.5) is 0 Å². The van der Waals surface area contributed by atoms with Gasteiger partial charge in [-0.15, -0.1) is 0 Å². The predicted molar refractivity (Wildman–Crippen MR) is 60.6 cm³/mol. The molecule has 0 saturated carbocycles. The van der Waals surface area contributed by atoms with Crippen molar-refractivity contribution in [1.82, 2.24) is 9.88 Å². The second kappa shape index (κ2) is 5.72. The Kier molecular flexibility index (Phi) is 4.02. The smallest absolute Gasteiger partial charge is 0.151 e. The summed E-state index contributed by atoms with van der Waals surface area (Å²) in [5, 5.41) is 0. The highest BCUT2D eigenvalue weighted by Gasteiger charge is 2.11. The van der Waals surface area contributed by atoms with Gasteiger partial charge in [0, 0.05) is 37.8 Å². The molecule has 0 bridgehead atoms. The van der Waals surface area contributed by atoms with E-state index in [1.54, 1.807) is 12.3 Å². The molecular formula is C12H16N2O2. The zero-order valence-electron chi connectivity index (χ0n) is 9.26. The van der Waals surface area contributed by atoms with Crippen LogP contribution in [0.5, 0.6) is 0 Å². The van der Waals surface area contributed by atoms with Gasteiger partial charge in [-0.2, -0.15) is 0 Å². The Balaban J connectivity index is 1.90. The highest BCUT2D eigenvalue weighted by atomic mass is 16.5. The molecule has 2 heterocycles. The Morgan fingerprint density at radius 1 is 1.44 bits per heavy atom. The highest BCUT2D eigenvalue weighted by Crippen LogP contribution is 2.05. The molecule has 0 aliphatic carbocycles. The lowest BCUT2D eigenvalue weighted by molar-refractivity contribution is 0.0383. The van der Waals surface area contributed by atoms with Crippen LogP contribution in [-0.2, 0) is 11.2 Å².